The first-order valence-electron chi connectivity index (χ1n) is 7.01. The van der Waals surface area contributed by atoms with E-state index in [1.54, 1.807) is 0 Å². The zero-order chi connectivity index (χ0) is 13.6. The van der Waals surface area contributed by atoms with Crippen molar-refractivity contribution >= 4 is 11.9 Å². The molecule has 0 radical (unpaired) electrons. The summed E-state index contributed by atoms with van der Waals surface area (Å²) in [4.78, 5) is 24.6. The lowest BCUT2D eigenvalue weighted by Gasteiger charge is -2.37. The zero-order valence-electron chi connectivity index (χ0n) is 11.5. The Bertz CT molecular complexity index is 435. The van der Waals surface area contributed by atoms with E-state index in [2.05, 4.69) is 6.08 Å². The molecule has 0 aromatic carbocycles. The Balaban J connectivity index is 2.06. The van der Waals surface area contributed by atoms with E-state index in [-0.39, 0.29) is 5.92 Å². The number of hydrogen-bond donors (Lipinski definition) is 0. The molecule has 2 saturated carbocycles. The fourth-order valence-corrected chi connectivity index (χ4v) is 4.64. The third-order valence-electron chi connectivity index (χ3n) is 5.36. The molecular weight excluding hydrogens is 244 g/mol. The van der Waals surface area contributed by atoms with Crippen molar-refractivity contribution in [3.8, 4) is 0 Å². The van der Waals surface area contributed by atoms with E-state index in [0.29, 0.717) is 18.3 Å². The van der Waals surface area contributed by atoms with Gasteiger partial charge >= 0.3 is 11.9 Å². The van der Waals surface area contributed by atoms with Gasteiger partial charge in [0.15, 0.2) is 5.41 Å². The maximum atomic E-state index is 12.3. The van der Waals surface area contributed by atoms with Crippen LogP contribution >= 0.6 is 0 Å². The Morgan fingerprint density at radius 1 is 1.21 bits per heavy atom. The third-order valence-corrected chi connectivity index (χ3v) is 5.36. The lowest BCUT2D eigenvalue weighted by Crippen LogP contribution is -2.47. The van der Waals surface area contributed by atoms with Gasteiger partial charge in [-0.1, -0.05) is 18.1 Å². The number of esters is 2. The fraction of sp³-hybridized carbons (Fsp3) is 0.733. The van der Waals surface area contributed by atoms with E-state index in [4.69, 9.17) is 9.47 Å². The Morgan fingerprint density at radius 3 is 2.53 bits per heavy atom. The van der Waals surface area contributed by atoms with Crippen LogP contribution in [0.1, 0.15) is 32.1 Å². The molecule has 0 aromatic rings. The molecule has 0 heterocycles. The summed E-state index contributed by atoms with van der Waals surface area (Å²) >= 11 is 0. The molecule has 4 nitrogen and oxygen atoms in total. The van der Waals surface area contributed by atoms with Gasteiger partial charge in [-0.15, -0.1) is 0 Å². The summed E-state index contributed by atoms with van der Waals surface area (Å²) in [5, 5.41) is 0. The number of carbonyl (C=O) groups excluding carboxylic acids is 2. The van der Waals surface area contributed by atoms with Gasteiger partial charge in [-0.25, -0.2) is 0 Å². The summed E-state index contributed by atoms with van der Waals surface area (Å²) in [5.74, 6) is 0.248. The van der Waals surface area contributed by atoms with Crippen LogP contribution in [0.4, 0.5) is 0 Å². The van der Waals surface area contributed by atoms with Crippen LogP contribution < -0.4 is 0 Å². The minimum absolute atomic E-state index is 0.0694. The van der Waals surface area contributed by atoms with Crippen LogP contribution in [-0.4, -0.2) is 26.2 Å². The second-order valence-electron chi connectivity index (χ2n) is 5.97. The fourth-order valence-electron chi connectivity index (χ4n) is 4.64. The van der Waals surface area contributed by atoms with Gasteiger partial charge in [0.2, 0.25) is 0 Å². The number of carbonyl (C=O) groups is 2. The highest BCUT2D eigenvalue weighted by Gasteiger charge is 2.64. The monoisotopic (exact) mass is 264 g/mol. The molecule has 3 aliphatic carbocycles. The van der Waals surface area contributed by atoms with E-state index < -0.39 is 17.4 Å². The van der Waals surface area contributed by atoms with E-state index in [9.17, 15) is 9.59 Å². The maximum absolute atomic E-state index is 12.3. The second kappa shape index (κ2) is 4.36. The number of ether oxygens (including phenoxy) is 2. The molecule has 0 spiro atoms. The van der Waals surface area contributed by atoms with Crippen molar-refractivity contribution in [2.75, 3.05) is 14.2 Å². The minimum atomic E-state index is -1.08. The smallest absolute Gasteiger partial charge is 0.323 e. The summed E-state index contributed by atoms with van der Waals surface area (Å²) in [6.07, 6.45) is 7.05. The van der Waals surface area contributed by atoms with Crippen LogP contribution in [0.5, 0.6) is 0 Å². The Kier molecular flexibility index (Phi) is 2.91. The Morgan fingerprint density at radius 2 is 1.89 bits per heavy atom. The van der Waals surface area contributed by atoms with Crippen LogP contribution in [0, 0.1) is 23.2 Å². The molecule has 0 N–H and O–H groups in total. The van der Waals surface area contributed by atoms with Crippen molar-refractivity contribution < 1.29 is 19.1 Å². The molecule has 0 aromatic heterocycles. The molecule has 0 amide bonds. The predicted molar refractivity (Wildman–Crippen MR) is 68.1 cm³/mol. The van der Waals surface area contributed by atoms with Crippen molar-refractivity contribution in [3.05, 3.63) is 11.6 Å². The third kappa shape index (κ3) is 1.52. The zero-order valence-corrected chi connectivity index (χ0v) is 11.5. The first-order chi connectivity index (χ1) is 9.15. The SMILES string of the molecule is COC(=O)C1(C(=O)OC)CC2=CC[C@@H]3CCC[C@@H]1[C@H]23. The minimum Gasteiger partial charge on any atom is -0.468 e. The lowest BCUT2D eigenvalue weighted by atomic mass is 9.66. The average Bonchev–Trinajstić information content (AvgIpc) is 3.01. The topological polar surface area (TPSA) is 52.6 Å². The highest BCUT2D eigenvalue weighted by molar-refractivity contribution is 6.01. The number of rotatable bonds is 2. The van der Waals surface area contributed by atoms with Gasteiger partial charge in [-0.2, -0.15) is 0 Å². The van der Waals surface area contributed by atoms with E-state index in [1.807, 2.05) is 0 Å². The van der Waals surface area contributed by atoms with Crippen LogP contribution in [-0.2, 0) is 19.1 Å². The maximum Gasteiger partial charge on any atom is 0.323 e. The van der Waals surface area contributed by atoms with Crippen molar-refractivity contribution in [2.24, 2.45) is 23.2 Å². The lowest BCUT2D eigenvalue weighted by molar-refractivity contribution is -0.174. The van der Waals surface area contributed by atoms with Gasteiger partial charge in [-0.05, 0) is 43.4 Å². The molecule has 19 heavy (non-hydrogen) atoms. The van der Waals surface area contributed by atoms with Gasteiger partial charge < -0.3 is 9.47 Å². The van der Waals surface area contributed by atoms with E-state index >= 15 is 0 Å². The van der Waals surface area contributed by atoms with Gasteiger partial charge in [0.25, 0.3) is 0 Å². The van der Waals surface area contributed by atoms with Crippen LogP contribution in [0.25, 0.3) is 0 Å². The molecule has 0 saturated heterocycles. The highest BCUT2D eigenvalue weighted by Crippen LogP contribution is 2.61. The van der Waals surface area contributed by atoms with Crippen LogP contribution in [0.2, 0.25) is 0 Å². The normalized spacial score (nSPS) is 34.4. The molecular formula is C15H20O4. The first-order valence-corrected chi connectivity index (χ1v) is 7.01. The van der Waals surface area contributed by atoms with Crippen molar-refractivity contribution in [3.63, 3.8) is 0 Å². The molecule has 2 fully saturated rings. The standard InChI is InChI=1S/C15H20O4/c1-18-13(16)15(14(17)19-2)8-10-7-6-9-4-3-5-11(15)12(9)10/h7,9,11-12H,3-6,8H2,1-2H3/t9-,11+,12-/m0/s1. The summed E-state index contributed by atoms with van der Waals surface area (Å²) in [6.45, 7) is 0. The summed E-state index contributed by atoms with van der Waals surface area (Å²) in [7, 11) is 2.71. The second-order valence-corrected chi connectivity index (χ2v) is 5.97. The number of methoxy groups -OCH3 is 2. The molecule has 0 aliphatic heterocycles. The molecule has 0 unspecified atom stereocenters. The van der Waals surface area contributed by atoms with Crippen LogP contribution in [0.3, 0.4) is 0 Å². The van der Waals surface area contributed by atoms with Crippen molar-refractivity contribution in [1.29, 1.82) is 0 Å². The van der Waals surface area contributed by atoms with Gasteiger partial charge in [-0.3, -0.25) is 9.59 Å². The number of hydrogen-bond acceptors (Lipinski definition) is 4. The number of allylic oxidation sites excluding steroid dienone is 2. The molecule has 4 heteroatoms. The molecule has 3 atom stereocenters. The quantitative estimate of drug-likeness (QED) is 0.435. The molecule has 3 rings (SSSR count). The Hall–Kier alpha value is -1.32. The largest absolute Gasteiger partial charge is 0.468 e. The summed E-state index contributed by atoms with van der Waals surface area (Å²) in [6, 6.07) is 0. The van der Waals surface area contributed by atoms with Crippen molar-refractivity contribution in [2.45, 2.75) is 32.1 Å². The van der Waals surface area contributed by atoms with Gasteiger partial charge in [0, 0.05) is 0 Å². The summed E-state index contributed by atoms with van der Waals surface area (Å²) in [5.41, 5.74) is 0.199. The molecule has 0 bridgehead atoms. The average molecular weight is 264 g/mol. The Labute approximate surface area is 113 Å². The van der Waals surface area contributed by atoms with Gasteiger partial charge in [0.1, 0.15) is 0 Å². The summed E-state index contributed by atoms with van der Waals surface area (Å²) < 4.78 is 9.90. The highest BCUT2D eigenvalue weighted by atomic mass is 16.5. The molecule has 3 aliphatic rings. The van der Waals surface area contributed by atoms with E-state index in [1.165, 1.54) is 26.2 Å². The van der Waals surface area contributed by atoms with Crippen LogP contribution in [0.15, 0.2) is 11.6 Å². The predicted octanol–water partition coefficient (Wildman–Crippen LogP) is 2.09. The van der Waals surface area contributed by atoms with Crippen molar-refractivity contribution in [1.82, 2.24) is 0 Å². The van der Waals surface area contributed by atoms with Gasteiger partial charge in [0.05, 0.1) is 14.2 Å². The first kappa shape index (κ1) is 12.7. The van der Waals surface area contributed by atoms with E-state index in [0.717, 1.165) is 19.3 Å². The molecule has 104 valence electrons.